The molecule has 0 amide bonds. The van der Waals surface area contributed by atoms with Crippen LogP contribution in [-0.4, -0.2) is 5.97 Å². The summed E-state index contributed by atoms with van der Waals surface area (Å²) in [6.07, 6.45) is 1.61. The van der Waals surface area contributed by atoms with Crippen molar-refractivity contribution < 1.29 is 9.53 Å². The van der Waals surface area contributed by atoms with Crippen molar-refractivity contribution in [3.8, 4) is 0 Å². The number of cyclic esters (lactones) is 1. The van der Waals surface area contributed by atoms with E-state index in [-0.39, 0.29) is 5.97 Å². The number of esters is 1. The highest BCUT2D eigenvalue weighted by molar-refractivity contribution is 7.08. The van der Waals surface area contributed by atoms with Gasteiger partial charge in [-0.3, -0.25) is 4.79 Å². The van der Waals surface area contributed by atoms with E-state index in [0.717, 1.165) is 29.7 Å². The highest BCUT2D eigenvalue weighted by atomic mass is 32.1. The van der Waals surface area contributed by atoms with Crippen LogP contribution >= 0.6 is 22.7 Å². The zero-order valence-corrected chi connectivity index (χ0v) is 13.1. The van der Waals surface area contributed by atoms with Crippen LogP contribution in [0.2, 0.25) is 0 Å². The van der Waals surface area contributed by atoms with Gasteiger partial charge in [-0.15, -0.1) is 0 Å². The number of carbonyl (C=O) groups is 1. The number of ether oxygens (including phenoxy) is 1. The van der Waals surface area contributed by atoms with Crippen molar-refractivity contribution >= 4 is 34.2 Å². The summed E-state index contributed by atoms with van der Waals surface area (Å²) in [5.74, 6) is 0.735. The van der Waals surface area contributed by atoms with Gasteiger partial charge in [0.15, 0.2) is 5.41 Å². The van der Waals surface area contributed by atoms with Gasteiger partial charge in [0, 0.05) is 0 Å². The van der Waals surface area contributed by atoms with E-state index in [9.17, 15) is 4.79 Å². The highest BCUT2D eigenvalue weighted by Crippen LogP contribution is 2.50. The van der Waals surface area contributed by atoms with Crippen LogP contribution < -0.4 is 0 Å². The molecule has 104 valence electrons. The van der Waals surface area contributed by atoms with E-state index in [1.807, 2.05) is 11.4 Å². The fourth-order valence-corrected chi connectivity index (χ4v) is 4.23. The Morgan fingerprint density at radius 3 is 2.45 bits per heavy atom. The summed E-state index contributed by atoms with van der Waals surface area (Å²) in [5.41, 5.74) is 2.83. The number of hydrogen-bond acceptors (Lipinski definition) is 4. The summed E-state index contributed by atoms with van der Waals surface area (Å²) in [7, 11) is 0. The summed E-state index contributed by atoms with van der Waals surface area (Å²) in [5, 5.41) is 8.26. The predicted molar refractivity (Wildman–Crippen MR) is 83.9 cm³/mol. The van der Waals surface area contributed by atoms with E-state index in [0.29, 0.717) is 0 Å². The number of hydrogen-bond donors (Lipinski definition) is 0. The first-order valence-electron chi connectivity index (χ1n) is 6.75. The fraction of sp³-hybridized carbons (Fsp3) is 0.312. The smallest absolute Gasteiger partial charge is 0.329 e. The molecule has 2 nitrogen and oxygen atoms in total. The minimum absolute atomic E-state index is 0.116. The maximum atomic E-state index is 12.2. The lowest BCUT2D eigenvalue weighted by Crippen LogP contribution is -2.49. The minimum Gasteiger partial charge on any atom is -0.428 e. The zero-order chi connectivity index (χ0) is 14.2. The summed E-state index contributed by atoms with van der Waals surface area (Å²) < 4.78 is 5.50. The Bertz CT molecular complexity index is 638. The van der Waals surface area contributed by atoms with Crippen molar-refractivity contribution in [3.05, 3.63) is 50.5 Å². The molecule has 0 aromatic carbocycles. The van der Waals surface area contributed by atoms with Gasteiger partial charge in [-0.25, -0.2) is 0 Å². The van der Waals surface area contributed by atoms with Crippen molar-refractivity contribution in [2.75, 3.05) is 0 Å². The standard InChI is InChI=1S/C16H16O2S2/c1-3-13(11-5-7-19-9-11)14-16(4-2,15(17)18-14)12-6-8-20-10-12/h5-10H,3-4H2,1-2H3/b14-13-/t16-/m0/s1. The molecule has 0 aliphatic carbocycles. The number of allylic oxidation sites excluding steroid dienone is 1. The van der Waals surface area contributed by atoms with E-state index in [4.69, 9.17) is 4.74 Å². The molecule has 2 aromatic rings. The molecular weight excluding hydrogens is 288 g/mol. The summed E-state index contributed by atoms with van der Waals surface area (Å²) >= 11 is 3.29. The largest absolute Gasteiger partial charge is 0.428 e. The molecule has 4 heteroatoms. The Morgan fingerprint density at radius 1 is 1.20 bits per heavy atom. The molecule has 2 aromatic heterocycles. The molecule has 0 bridgehead atoms. The molecule has 20 heavy (non-hydrogen) atoms. The van der Waals surface area contributed by atoms with E-state index in [1.165, 1.54) is 5.56 Å². The van der Waals surface area contributed by atoms with Crippen LogP contribution in [0.4, 0.5) is 0 Å². The van der Waals surface area contributed by atoms with Gasteiger partial charge >= 0.3 is 5.97 Å². The third-order valence-electron chi connectivity index (χ3n) is 3.97. The monoisotopic (exact) mass is 304 g/mol. The molecule has 1 atom stereocenters. The average molecular weight is 304 g/mol. The Morgan fingerprint density at radius 2 is 1.95 bits per heavy atom. The van der Waals surface area contributed by atoms with Gasteiger partial charge in [0.1, 0.15) is 5.76 Å². The third-order valence-corrected chi connectivity index (χ3v) is 5.34. The predicted octanol–water partition coefficient (Wildman–Crippen LogP) is 4.84. The van der Waals surface area contributed by atoms with Gasteiger partial charge in [0.25, 0.3) is 0 Å². The lowest BCUT2D eigenvalue weighted by molar-refractivity contribution is -0.160. The van der Waals surface area contributed by atoms with Crippen molar-refractivity contribution in [2.45, 2.75) is 32.1 Å². The summed E-state index contributed by atoms with van der Waals surface area (Å²) in [6.45, 7) is 4.17. The second-order valence-corrected chi connectivity index (χ2v) is 6.39. The SMILES string of the molecule is CC/C(=C1/OC(=O)[C@@]1(CC)c1ccsc1)c1ccsc1. The van der Waals surface area contributed by atoms with Crippen LogP contribution in [0, 0.1) is 0 Å². The molecule has 1 aliphatic heterocycles. The molecule has 3 heterocycles. The van der Waals surface area contributed by atoms with Gasteiger partial charge in [0.05, 0.1) is 0 Å². The molecular formula is C16H16O2S2. The van der Waals surface area contributed by atoms with Gasteiger partial charge in [-0.1, -0.05) is 13.8 Å². The molecule has 1 aliphatic rings. The van der Waals surface area contributed by atoms with E-state index in [2.05, 4.69) is 36.1 Å². The molecule has 0 spiro atoms. The maximum absolute atomic E-state index is 12.2. The second kappa shape index (κ2) is 5.19. The molecule has 1 saturated heterocycles. The number of carbonyl (C=O) groups excluding carboxylic acids is 1. The van der Waals surface area contributed by atoms with Crippen LogP contribution in [0.3, 0.4) is 0 Å². The Kier molecular flexibility index (Phi) is 3.52. The van der Waals surface area contributed by atoms with Gasteiger partial charge in [-0.2, -0.15) is 22.7 Å². The molecule has 3 rings (SSSR count). The Labute approximate surface area is 126 Å². The minimum atomic E-state index is -0.562. The van der Waals surface area contributed by atoms with Crippen LogP contribution in [0.15, 0.2) is 39.4 Å². The van der Waals surface area contributed by atoms with Crippen LogP contribution in [-0.2, 0) is 14.9 Å². The second-order valence-electron chi connectivity index (χ2n) is 4.83. The molecule has 0 radical (unpaired) electrons. The first-order chi connectivity index (χ1) is 9.74. The number of rotatable bonds is 4. The fourth-order valence-electron chi connectivity index (χ4n) is 2.83. The highest BCUT2D eigenvalue weighted by Gasteiger charge is 2.56. The summed E-state index contributed by atoms with van der Waals surface area (Å²) in [4.78, 5) is 12.2. The van der Waals surface area contributed by atoms with Crippen molar-refractivity contribution in [1.29, 1.82) is 0 Å². The van der Waals surface area contributed by atoms with E-state index in [1.54, 1.807) is 22.7 Å². The topological polar surface area (TPSA) is 26.3 Å². The van der Waals surface area contributed by atoms with Gasteiger partial charge in [-0.05, 0) is 63.2 Å². The van der Waals surface area contributed by atoms with Crippen LogP contribution in [0.25, 0.3) is 5.57 Å². The van der Waals surface area contributed by atoms with Gasteiger partial charge < -0.3 is 4.74 Å². The lowest BCUT2D eigenvalue weighted by Gasteiger charge is -2.42. The average Bonchev–Trinajstić information content (AvgIpc) is 3.12. The molecule has 0 unspecified atom stereocenters. The third kappa shape index (κ3) is 1.79. The normalized spacial score (nSPS) is 24.2. The lowest BCUT2D eigenvalue weighted by atomic mass is 9.71. The molecule has 0 saturated carbocycles. The molecule has 1 fully saturated rings. The molecule has 0 N–H and O–H groups in total. The van der Waals surface area contributed by atoms with E-state index < -0.39 is 5.41 Å². The maximum Gasteiger partial charge on any atom is 0.329 e. The van der Waals surface area contributed by atoms with Crippen molar-refractivity contribution in [3.63, 3.8) is 0 Å². The van der Waals surface area contributed by atoms with Crippen molar-refractivity contribution in [1.82, 2.24) is 0 Å². The zero-order valence-electron chi connectivity index (χ0n) is 11.5. The van der Waals surface area contributed by atoms with Crippen LogP contribution in [0.1, 0.15) is 37.8 Å². The van der Waals surface area contributed by atoms with Gasteiger partial charge in [0.2, 0.25) is 0 Å². The van der Waals surface area contributed by atoms with E-state index >= 15 is 0 Å². The Hall–Kier alpha value is -1.39. The quantitative estimate of drug-likeness (QED) is 0.756. The Balaban J connectivity index is 2.16. The first-order valence-corrected chi connectivity index (χ1v) is 8.63. The summed E-state index contributed by atoms with van der Waals surface area (Å²) in [6, 6.07) is 4.13. The number of thiophene rings is 2. The van der Waals surface area contributed by atoms with Crippen molar-refractivity contribution in [2.24, 2.45) is 0 Å². The van der Waals surface area contributed by atoms with Crippen LogP contribution in [0.5, 0.6) is 0 Å². The first kappa shape index (κ1) is 13.6.